The van der Waals surface area contributed by atoms with Crippen LogP contribution in [0.5, 0.6) is 11.5 Å². The average molecular weight is 428 g/mol. The largest absolute Gasteiger partial charge is 0.493 e. The summed E-state index contributed by atoms with van der Waals surface area (Å²) in [5.41, 5.74) is 6.11. The highest BCUT2D eigenvalue weighted by Gasteiger charge is 2.15. The van der Waals surface area contributed by atoms with Crippen LogP contribution in [0.25, 0.3) is 33.2 Å². The maximum absolute atomic E-state index is 10.0. The lowest BCUT2D eigenvalue weighted by atomic mass is 9.85. The number of nitrogens with zero attached hydrogens (tertiary/aromatic N) is 1. The van der Waals surface area contributed by atoms with Gasteiger partial charge in [-0.3, -0.25) is 0 Å². The summed E-state index contributed by atoms with van der Waals surface area (Å²) in [5.74, 6) is 1.26. The van der Waals surface area contributed by atoms with Gasteiger partial charge in [0.25, 0.3) is 0 Å². The molecular weight excluding hydrogens is 398 g/mol. The SMILES string of the molecule is COc1cc2cc(-c3cccc(-c4cccc(C(C)(C)C)c4)c3)nc(CO)c2cc1OC. The van der Waals surface area contributed by atoms with Crippen LogP contribution in [-0.4, -0.2) is 24.3 Å². The lowest BCUT2D eigenvalue weighted by Crippen LogP contribution is -2.10. The maximum Gasteiger partial charge on any atom is 0.161 e. The molecule has 3 aromatic carbocycles. The fourth-order valence-electron chi connectivity index (χ4n) is 3.94. The van der Waals surface area contributed by atoms with Crippen LogP contribution < -0.4 is 9.47 Å². The Bertz CT molecular complexity index is 1270. The second-order valence-electron chi connectivity index (χ2n) is 8.95. The molecular formula is C28H29NO3. The monoisotopic (exact) mass is 427 g/mol. The molecule has 4 heteroatoms. The second kappa shape index (κ2) is 8.64. The van der Waals surface area contributed by atoms with E-state index >= 15 is 0 Å². The van der Waals surface area contributed by atoms with Crippen LogP contribution in [0.4, 0.5) is 0 Å². The molecule has 0 bridgehead atoms. The van der Waals surface area contributed by atoms with Crippen LogP contribution in [0.1, 0.15) is 32.0 Å². The summed E-state index contributed by atoms with van der Waals surface area (Å²) >= 11 is 0. The van der Waals surface area contributed by atoms with E-state index in [1.807, 2.05) is 30.3 Å². The Balaban J connectivity index is 1.83. The molecule has 0 atom stereocenters. The molecule has 0 aliphatic rings. The van der Waals surface area contributed by atoms with E-state index in [4.69, 9.17) is 14.5 Å². The molecule has 0 fully saturated rings. The lowest BCUT2D eigenvalue weighted by molar-refractivity contribution is 0.278. The number of aliphatic hydroxyl groups is 1. The number of benzene rings is 3. The molecule has 1 aromatic heterocycles. The third-order valence-corrected chi connectivity index (χ3v) is 5.78. The first-order valence-corrected chi connectivity index (χ1v) is 10.7. The molecule has 0 unspecified atom stereocenters. The smallest absolute Gasteiger partial charge is 0.161 e. The number of fused-ring (bicyclic) bond motifs is 1. The Kier molecular flexibility index (Phi) is 5.90. The number of ether oxygens (including phenoxy) is 2. The third kappa shape index (κ3) is 4.19. The van der Waals surface area contributed by atoms with E-state index < -0.39 is 0 Å². The Morgan fingerprint density at radius 2 is 1.41 bits per heavy atom. The fraction of sp³-hybridized carbons (Fsp3) is 0.250. The van der Waals surface area contributed by atoms with Crippen LogP contribution in [0, 0.1) is 0 Å². The van der Waals surface area contributed by atoms with E-state index in [-0.39, 0.29) is 12.0 Å². The minimum atomic E-state index is -0.160. The molecule has 164 valence electrons. The number of methoxy groups -OCH3 is 2. The van der Waals surface area contributed by atoms with Gasteiger partial charge in [0, 0.05) is 10.9 Å². The van der Waals surface area contributed by atoms with Gasteiger partial charge in [0.1, 0.15) is 0 Å². The van der Waals surface area contributed by atoms with Gasteiger partial charge >= 0.3 is 0 Å². The van der Waals surface area contributed by atoms with Gasteiger partial charge < -0.3 is 14.6 Å². The van der Waals surface area contributed by atoms with Crippen LogP contribution in [0.3, 0.4) is 0 Å². The quantitative estimate of drug-likeness (QED) is 0.402. The normalized spacial score (nSPS) is 11.6. The van der Waals surface area contributed by atoms with Crippen molar-refractivity contribution >= 4 is 10.8 Å². The van der Waals surface area contributed by atoms with E-state index in [9.17, 15) is 5.11 Å². The minimum absolute atomic E-state index is 0.0870. The first-order chi connectivity index (χ1) is 15.3. The number of aromatic nitrogens is 1. The lowest BCUT2D eigenvalue weighted by Gasteiger charge is -2.20. The Hall–Kier alpha value is -3.37. The van der Waals surface area contributed by atoms with Crippen molar-refractivity contribution in [3.05, 3.63) is 78.0 Å². The molecule has 32 heavy (non-hydrogen) atoms. The summed E-state index contributed by atoms with van der Waals surface area (Å²) in [4.78, 5) is 4.77. The van der Waals surface area contributed by atoms with E-state index in [2.05, 4.69) is 57.2 Å². The number of pyridine rings is 1. The van der Waals surface area contributed by atoms with Crippen LogP contribution in [0.15, 0.2) is 66.7 Å². The Morgan fingerprint density at radius 1 is 0.781 bits per heavy atom. The predicted molar refractivity (Wildman–Crippen MR) is 130 cm³/mol. The van der Waals surface area contributed by atoms with Gasteiger partial charge in [-0.25, -0.2) is 4.98 Å². The molecule has 0 amide bonds. The molecule has 0 aliphatic heterocycles. The first kappa shape index (κ1) is 21.8. The minimum Gasteiger partial charge on any atom is -0.493 e. The highest BCUT2D eigenvalue weighted by Crippen LogP contribution is 2.36. The molecule has 4 rings (SSSR count). The Labute approximate surface area is 189 Å². The second-order valence-corrected chi connectivity index (χ2v) is 8.95. The zero-order valence-corrected chi connectivity index (χ0v) is 19.3. The molecule has 0 saturated heterocycles. The van der Waals surface area contributed by atoms with Crippen LogP contribution in [0.2, 0.25) is 0 Å². The van der Waals surface area contributed by atoms with Gasteiger partial charge in [-0.05, 0) is 51.8 Å². The number of hydrogen-bond acceptors (Lipinski definition) is 4. The van der Waals surface area contributed by atoms with E-state index in [0.29, 0.717) is 17.2 Å². The summed E-state index contributed by atoms with van der Waals surface area (Å²) in [6, 6.07) is 22.9. The first-order valence-electron chi connectivity index (χ1n) is 10.7. The van der Waals surface area contributed by atoms with Crippen molar-refractivity contribution in [2.75, 3.05) is 14.2 Å². The number of aliphatic hydroxyl groups excluding tert-OH is 1. The van der Waals surface area contributed by atoms with Crippen molar-refractivity contribution in [2.45, 2.75) is 32.8 Å². The van der Waals surface area contributed by atoms with Gasteiger partial charge in [0.05, 0.1) is 32.2 Å². The molecule has 0 radical (unpaired) electrons. The van der Waals surface area contributed by atoms with E-state index in [0.717, 1.165) is 27.6 Å². The molecule has 1 N–H and O–H groups in total. The highest BCUT2D eigenvalue weighted by atomic mass is 16.5. The van der Waals surface area contributed by atoms with Crippen molar-refractivity contribution in [1.82, 2.24) is 4.98 Å². The van der Waals surface area contributed by atoms with Crippen molar-refractivity contribution in [3.8, 4) is 33.9 Å². The summed E-state index contributed by atoms with van der Waals surface area (Å²) in [6.45, 7) is 6.51. The molecule has 1 heterocycles. The van der Waals surface area contributed by atoms with Gasteiger partial charge in [-0.2, -0.15) is 0 Å². The van der Waals surface area contributed by atoms with Crippen molar-refractivity contribution in [1.29, 1.82) is 0 Å². The number of rotatable bonds is 5. The van der Waals surface area contributed by atoms with Crippen LogP contribution >= 0.6 is 0 Å². The Morgan fingerprint density at radius 3 is 2.06 bits per heavy atom. The standard InChI is InChI=1S/C28H29NO3/c1-28(2,3)22-11-7-9-19(13-22)18-8-6-10-20(12-18)24-14-21-15-26(31-4)27(32-5)16-23(21)25(17-30)29-24/h6-16,30H,17H2,1-5H3. The molecule has 4 nitrogen and oxygen atoms in total. The van der Waals surface area contributed by atoms with Gasteiger partial charge in [0.2, 0.25) is 0 Å². The van der Waals surface area contributed by atoms with E-state index in [1.165, 1.54) is 11.1 Å². The van der Waals surface area contributed by atoms with Crippen molar-refractivity contribution < 1.29 is 14.6 Å². The van der Waals surface area contributed by atoms with Gasteiger partial charge in [-0.1, -0.05) is 63.2 Å². The molecule has 0 spiro atoms. The van der Waals surface area contributed by atoms with Crippen LogP contribution in [-0.2, 0) is 12.0 Å². The summed E-state index contributed by atoms with van der Waals surface area (Å²) in [5, 5.41) is 11.8. The summed E-state index contributed by atoms with van der Waals surface area (Å²) in [6.07, 6.45) is 0. The van der Waals surface area contributed by atoms with Crippen molar-refractivity contribution in [3.63, 3.8) is 0 Å². The highest BCUT2D eigenvalue weighted by molar-refractivity contribution is 5.91. The maximum atomic E-state index is 10.0. The zero-order chi connectivity index (χ0) is 22.9. The fourth-order valence-corrected chi connectivity index (χ4v) is 3.94. The van der Waals surface area contributed by atoms with Crippen molar-refractivity contribution in [2.24, 2.45) is 0 Å². The average Bonchev–Trinajstić information content (AvgIpc) is 2.82. The molecule has 0 aliphatic carbocycles. The predicted octanol–water partition coefficient (Wildman–Crippen LogP) is 6.38. The van der Waals surface area contributed by atoms with E-state index in [1.54, 1.807) is 14.2 Å². The summed E-state index contributed by atoms with van der Waals surface area (Å²) < 4.78 is 10.9. The van der Waals surface area contributed by atoms with Gasteiger partial charge in [-0.15, -0.1) is 0 Å². The molecule has 0 saturated carbocycles. The summed E-state index contributed by atoms with van der Waals surface area (Å²) in [7, 11) is 3.22. The molecule has 4 aromatic rings. The van der Waals surface area contributed by atoms with Gasteiger partial charge in [0.15, 0.2) is 11.5 Å². The topological polar surface area (TPSA) is 51.6 Å². The number of hydrogen-bond donors (Lipinski definition) is 1. The third-order valence-electron chi connectivity index (χ3n) is 5.78. The zero-order valence-electron chi connectivity index (χ0n) is 19.3.